The highest BCUT2D eigenvalue weighted by Crippen LogP contribution is 2.16. The lowest BCUT2D eigenvalue weighted by Gasteiger charge is -2.06. The average molecular weight is 388 g/mol. The third-order valence-electron chi connectivity index (χ3n) is 3.12. The van der Waals surface area contributed by atoms with Gasteiger partial charge in [-0.05, 0) is 24.3 Å². The Kier molecular flexibility index (Phi) is 5.22. The van der Waals surface area contributed by atoms with Crippen molar-refractivity contribution < 1.29 is 14.1 Å². The van der Waals surface area contributed by atoms with Gasteiger partial charge in [0.2, 0.25) is 11.7 Å². The fourth-order valence-electron chi connectivity index (χ4n) is 1.94. The first kappa shape index (κ1) is 16.2. The van der Waals surface area contributed by atoms with Crippen LogP contribution in [0.3, 0.4) is 0 Å². The predicted molar refractivity (Wildman–Crippen MR) is 91.2 cm³/mol. The van der Waals surface area contributed by atoms with Crippen LogP contribution in [0.1, 0.15) is 5.89 Å². The zero-order chi connectivity index (χ0) is 16.8. The van der Waals surface area contributed by atoms with Gasteiger partial charge in [0.25, 0.3) is 5.91 Å². The second kappa shape index (κ2) is 7.74. The van der Waals surface area contributed by atoms with Crippen molar-refractivity contribution in [2.75, 3.05) is 6.61 Å². The fourth-order valence-corrected chi connectivity index (χ4v) is 2.20. The van der Waals surface area contributed by atoms with Crippen molar-refractivity contribution in [1.29, 1.82) is 0 Å². The van der Waals surface area contributed by atoms with Crippen LogP contribution in [0.4, 0.5) is 0 Å². The lowest BCUT2D eigenvalue weighted by Crippen LogP contribution is -2.28. The molecule has 122 valence electrons. The minimum atomic E-state index is -0.266. The summed E-state index contributed by atoms with van der Waals surface area (Å²) in [7, 11) is 0. The van der Waals surface area contributed by atoms with Gasteiger partial charge in [-0.25, -0.2) is 0 Å². The van der Waals surface area contributed by atoms with Crippen LogP contribution >= 0.6 is 15.9 Å². The number of carbonyl (C=O) groups is 1. The van der Waals surface area contributed by atoms with Gasteiger partial charge in [-0.2, -0.15) is 4.98 Å². The molecule has 1 N–H and O–H groups in total. The smallest absolute Gasteiger partial charge is 0.258 e. The zero-order valence-electron chi connectivity index (χ0n) is 12.6. The maximum absolute atomic E-state index is 11.8. The maximum Gasteiger partial charge on any atom is 0.258 e. The predicted octanol–water partition coefficient (Wildman–Crippen LogP) is 3.19. The van der Waals surface area contributed by atoms with Gasteiger partial charge in [-0.15, -0.1) is 0 Å². The van der Waals surface area contributed by atoms with E-state index in [2.05, 4.69) is 31.4 Å². The van der Waals surface area contributed by atoms with Crippen molar-refractivity contribution in [1.82, 2.24) is 15.5 Å². The van der Waals surface area contributed by atoms with E-state index in [1.807, 2.05) is 42.5 Å². The molecule has 0 atom stereocenters. The van der Waals surface area contributed by atoms with Gasteiger partial charge in [-0.1, -0.05) is 51.4 Å². The Morgan fingerprint density at radius 1 is 1.12 bits per heavy atom. The highest BCUT2D eigenvalue weighted by Gasteiger charge is 2.10. The van der Waals surface area contributed by atoms with Gasteiger partial charge in [0.1, 0.15) is 5.75 Å². The summed E-state index contributed by atoms with van der Waals surface area (Å²) in [6, 6.07) is 16.7. The van der Waals surface area contributed by atoms with Gasteiger partial charge in [-0.3, -0.25) is 4.79 Å². The molecule has 6 nitrogen and oxygen atoms in total. The molecule has 0 fully saturated rings. The molecule has 0 bridgehead atoms. The number of benzene rings is 2. The third-order valence-corrected chi connectivity index (χ3v) is 3.65. The average Bonchev–Trinajstić information content (AvgIpc) is 3.09. The van der Waals surface area contributed by atoms with Crippen molar-refractivity contribution in [2.45, 2.75) is 6.54 Å². The molecule has 0 saturated carbocycles. The molecule has 7 heteroatoms. The summed E-state index contributed by atoms with van der Waals surface area (Å²) in [6.45, 7) is 0.0731. The second-order valence-electron chi connectivity index (χ2n) is 4.90. The van der Waals surface area contributed by atoms with Crippen LogP contribution in [0, 0.1) is 0 Å². The Bertz CT molecular complexity index is 803. The van der Waals surface area contributed by atoms with Crippen LogP contribution in [-0.4, -0.2) is 22.7 Å². The summed E-state index contributed by atoms with van der Waals surface area (Å²) in [5.74, 6) is 1.19. The van der Waals surface area contributed by atoms with Gasteiger partial charge in [0, 0.05) is 10.0 Å². The highest BCUT2D eigenvalue weighted by molar-refractivity contribution is 9.10. The second-order valence-corrected chi connectivity index (χ2v) is 5.81. The summed E-state index contributed by atoms with van der Waals surface area (Å²) in [5.41, 5.74) is 0.859. The Morgan fingerprint density at radius 2 is 1.88 bits per heavy atom. The molecule has 3 rings (SSSR count). The molecule has 0 aliphatic rings. The molecule has 0 aliphatic heterocycles. The molecular formula is C17H14BrN3O3. The van der Waals surface area contributed by atoms with E-state index in [0.717, 1.165) is 10.0 Å². The van der Waals surface area contributed by atoms with Crippen LogP contribution in [-0.2, 0) is 11.3 Å². The van der Waals surface area contributed by atoms with Crippen molar-refractivity contribution in [3.05, 3.63) is 65.0 Å². The van der Waals surface area contributed by atoms with Gasteiger partial charge >= 0.3 is 0 Å². The molecular weight excluding hydrogens is 374 g/mol. The molecule has 1 amide bonds. The Balaban J connectivity index is 1.48. The number of halogens is 1. The van der Waals surface area contributed by atoms with Gasteiger partial charge in [0.05, 0.1) is 6.54 Å². The summed E-state index contributed by atoms with van der Waals surface area (Å²) in [5, 5.41) is 6.57. The first-order valence-corrected chi connectivity index (χ1v) is 8.03. The van der Waals surface area contributed by atoms with E-state index in [4.69, 9.17) is 9.26 Å². The van der Waals surface area contributed by atoms with E-state index in [1.165, 1.54) is 0 Å². The van der Waals surface area contributed by atoms with Gasteiger partial charge in [0.15, 0.2) is 6.61 Å². The standard InChI is InChI=1S/C17H14BrN3O3/c18-13-6-8-14(9-7-13)23-11-15(22)19-10-16-20-17(21-24-16)12-4-2-1-3-5-12/h1-9H,10-11H2,(H,19,22). The number of nitrogens with zero attached hydrogens (tertiary/aromatic N) is 2. The van der Waals surface area contributed by atoms with E-state index in [1.54, 1.807) is 12.1 Å². The van der Waals surface area contributed by atoms with E-state index < -0.39 is 0 Å². The van der Waals surface area contributed by atoms with Crippen LogP contribution in [0.2, 0.25) is 0 Å². The molecule has 0 saturated heterocycles. The summed E-state index contributed by atoms with van der Waals surface area (Å²) < 4.78 is 11.5. The number of carbonyl (C=O) groups excluding carboxylic acids is 1. The van der Waals surface area contributed by atoms with Crippen LogP contribution < -0.4 is 10.1 Å². The maximum atomic E-state index is 11.8. The van der Waals surface area contributed by atoms with E-state index >= 15 is 0 Å². The number of rotatable bonds is 6. The van der Waals surface area contributed by atoms with Crippen LogP contribution in [0.5, 0.6) is 5.75 Å². The lowest BCUT2D eigenvalue weighted by atomic mass is 10.2. The minimum Gasteiger partial charge on any atom is -0.484 e. The summed E-state index contributed by atoms with van der Waals surface area (Å²) in [6.07, 6.45) is 0. The number of ether oxygens (including phenoxy) is 1. The van der Waals surface area contributed by atoms with E-state index in [-0.39, 0.29) is 19.1 Å². The Morgan fingerprint density at radius 3 is 2.62 bits per heavy atom. The Hall–Kier alpha value is -2.67. The SMILES string of the molecule is O=C(COc1ccc(Br)cc1)NCc1nc(-c2ccccc2)no1. The van der Waals surface area contributed by atoms with Crippen LogP contribution in [0.15, 0.2) is 63.6 Å². The minimum absolute atomic E-state index is 0.0820. The van der Waals surface area contributed by atoms with Crippen molar-refractivity contribution in [3.63, 3.8) is 0 Å². The quantitative estimate of drug-likeness (QED) is 0.702. The molecule has 0 aliphatic carbocycles. The zero-order valence-corrected chi connectivity index (χ0v) is 14.2. The topological polar surface area (TPSA) is 77.2 Å². The number of hydrogen-bond acceptors (Lipinski definition) is 5. The monoisotopic (exact) mass is 387 g/mol. The number of amides is 1. The van der Waals surface area contributed by atoms with Crippen molar-refractivity contribution in [3.8, 4) is 17.1 Å². The molecule has 0 spiro atoms. The lowest BCUT2D eigenvalue weighted by molar-refractivity contribution is -0.123. The largest absolute Gasteiger partial charge is 0.484 e. The number of aromatic nitrogens is 2. The first-order valence-electron chi connectivity index (χ1n) is 7.24. The summed E-state index contributed by atoms with van der Waals surface area (Å²) in [4.78, 5) is 16.0. The molecule has 1 aromatic heterocycles. The first-order chi connectivity index (χ1) is 11.7. The third kappa shape index (κ3) is 4.42. The van der Waals surface area contributed by atoms with Gasteiger partial charge < -0.3 is 14.6 Å². The van der Waals surface area contributed by atoms with E-state index in [0.29, 0.717) is 17.5 Å². The molecule has 0 unspecified atom stereocenters. The Labute approximate surface area is 147 Å². The highest BCUT2D eigenvalue weighted by atomic mass is 79.9. The molecule has 2 aromatic carbocycles. The molecule has 3 aromatic rings. The number of nitrogens with one attached hydrogen (secondary N) is 1. The van der Waals surface area contributed by atoms with Crippen LogP contribution in [0.25, 0.3) is 11.4 Å². The van der Waals surface area contributed by atoms with Crippen molar-refractivity contribution in [2.24, 2.45) is 0 Å². The van der Waals surface area contributed by atoms with Crippen molar-refractivity contribution >= 4 is 21.8 Å². The van der Waals surface area contributed by atoms with E-state index in [9.17, 15) is 4.79 Å². The molecule has 24 heavy (non-hydrogen) atoms. The fraction of sp³-hybridized carbons (Fsp3) is 0.118. The molecule has 0 radical (unpaired) electrons. The summed E-state index contributed by atoms with van der Waals surface area (Å²) >= 11 is 3.34. The number of hydrogen-bond donors (Lipinski definition) is 1. The molecule has 1 heterocycles. The normalized spacial score (nSPS) is 10.4.